The van der Waals surface area contributed by atoms with E-state index in [0.717, 1.165) is 42.8 Å². The van der Waals surface area contributed by atoms with Gasteiger partial charge in [0.05, 0.1) is 11.6 Å². The number of benzene rings is 1. The average Bonchev–Trinajstić information content (AvgIpc) is 2.75. The third-order valence-electron chi connectivity index (χ3n) is 3.89. The van der Waals surface area contributed by atoms with Crippen molar-refractivity contribution in [3.05, 3.63) is 28.8 Å². The number of rotatable bonds is 3. The number of amides is 1. The van der Waals surface area contributed by atoms with Gasteiger partial charge in [0.15, 0.2) is 6.61 Å². The summed E-state index contributed by atoms with van der Waals surface area (Å²) < 4.78 is 5.72. The first kappa shape index (κ1) is 15.4. The van der Waals surface area contributed by atoms with Gasteiger partial charge < -0.3 is 9.64 Å². The number of carbonyl (C=O) groups excluding carboxylic acids is 1. The van der Waals surface area contributed by atoms with E-state index in [-0.39, 0.29) is 12.5 Å². The number of carbonyl (C=O) groups is 1. The lowest BCUT2D eigenvalue weighted by Crippen LogP contribution is -2.35. The highest BCUT2D eigenvalue weighted by molar-refractivity contribution is 5.77. The fourth-order valence-electron chi connectivity index (χ4n) is 2.79. The van der Waals surface area contributed by atoms with Crippen molar-refractivity contribution in [2.75, 3.05) is 19.7 Å². The van der Waals surface area contributed by atoms with Crippen LogP contribution in [0.1, 0.15) is 42.4 Å². The van der Waals surface area contributed by atoms with Crippen LogP contribution in [0.5, 0.6) is 5.75 Å². The Bertz CT molecular complexity index is 529. The Kier molecular flexibility index (Phi) is 5.21. The van der Waals surface area contributed by atoms with Crippen LogP contribution in [0.25, 0.3) is 0 Å². The summed E-state index contributed by atoms with van der Waals surface area (Å²) in [4.78, 5) is 14.1. The molecule has 1 aromatic carbocycles. The van der Waals surface area contributed by atoms with Crippen molar-refractivity contribution in [3.63, 3.8) is 0 Å². The molecule has 1 aliphatic rings. The maximum absolute atomic E-state index is 12.2. The molecule has 1 amide bonds. The molecule has 0 aromatic heterocycles. The summed E-state index contributed by atoms with van der Waals surface area (Å²) in [6.45, 7) is 5.56. The first-order chi connectivity index (χ1) is 10.1. The normalized spacial score (nSPS) is 15.2. The second-order valence-electron chi connectivity index (χ2n) is 5.63. The zero-order valence-corrected chi connectivity index (χ0v) is 12.8. The van der Waals surface area contributed by atoms with Crippen LogP contribution in [-0.4, -0.2) is 30.5 Å². The van der Waals surface area contributed by atoms with Gasteiger partial charge in [-0.3, -0.25) is 4.79 Å². The number of aryl methyl sites for hydroxylation is 2. The zero-order chi connectivity index (χ0) is 15.2. The third kappa shape index (κ3) is 3.98. The number of nitriles is 1. The standard InChI is InChI=1S/C17H22N2O2/c1-13-9-15(11-18)10-14(2)17(13)21-12-16(20)19-7-5-3-4-6-8-19/h9-10H,3-8,12H2,1-2H3. The Balaban J connectivity index is 1.99. The van der Waals surface area contributed by atoms with Gasteiger partial charge >= 0.3 is 0 Å². The second-order valence-corrected chi connectivity index (χ2v) is 5.63. The maximum atomic E-state index is 12.2. The fraction of sp³-hybridized carbons (Fsp3) is 0.529. The fourth-order valence-corrected chi connectivity index (χ4v) is 2.79. The Labute approximate surface area is 126 Å². The van der Waals surface area contributed by atoms with Crippen LogP contribution in [-0.2, 0) is 4.79 Å². The molecule has 1 fully saturated rings. The second kappa shape index (κ2) is 7.12. The van der Waals surface area contributed by atoms with Gasteiger partial charge in [0, 0.05) is 13.1 Å². The summed E-state index contributed by atoms with van der Waals surface area (Å²) in [5, 5.41) is 8.94. The molecule has 0 unspecified atom stereocenters. The molecule has 0 spiro atoms. The number of nitrogens with zero attached hydrogens (tertiary/aromatic N) is 2. The van der Waals surface area contributed by atoms with Crippen LogP contribution >= 0.6 is 0 Å². The van der Waals surface area contributed by atoms with Crippen LogP contribution < -0.4 is 4.74 Å². The smallest absolute Gasteiger partial charge is 0.260 e. The van der Waals surface area contributed by atoms with Crippen LogP contribution in [0.3, 0.4) is 0 Å². The molecule has 0 atom stereocenters. The SMILES string of the molecule is Cc1cc(C#N)cc(C)c1OCC(=O)N1CCCCCC1. The maximum Gasteiger partial charge on any atom is 0.260 e. The van der Waals surface area contributed by atoms with Gasteiger partial charge in [0.1, 0.15) is 5.75 Å². The van der Waals surface area contributed by atoms with E-state index in [0.29, 0.717) is 5.56 Å². The minimum absolute atomic E-state index is 0.0556. The van der Waals surface area contributed by atoms with Crippen molar-refractivity contribution >= 4 is 5.91 Å². The molecule has 1 heterocycles. The summed E-state index contributed by atoms with van der Waals surface area (Å²) >= 11 is 0. The Morgan fingerprint density at radius 1 is 1.19 bits per heavy atom. The van der Waals surface area contributed by atoms with Crippen LogP contribution in [0, 0.1) is 25.2 Å². The molecule has 4 nitrogen and oxygen atoms in total. The van der Waals surface area contributed by atoms with E-state index in [4.69, 9.17) is 10.00 Å². The molecule has 1 aliphatic heterocycles. The van der Waals surface area contributed by atoms with Crippen LogP contribution in [0.4, 0.5) is 0 Å². The predicted octanol–water partition coefficient (Wildman–Crippen LogP) is 2.96. The quantitative estimate of drug-likeness (QED) is 0.858. The molecule has 1 aromatic rings. The zero-order valence-electron chi connectivity index (χ0n) is 12.8. The number of likely N-dealkylation sites (tertiary alicyclic amines) is 1. The van der Waals surface area contributed by atoms with Crippen molar-refractivity contribution in [3.8, 4) is 11.8 Å². The topological polar surface area (TPSA) is 53.3 Å². The van der Waals surface area contributed by atoms with Crippen LogP contribution in [0.15, 0.2) is 12.1 Å². The summed E-state index contributed by atoms with van der Waals surface area (Å²) in [5.74, 6) is 0.775. The lowest BCUT2D eigenvalue weighted by Gasteiger charge is -2.21. The van der Waals surface area contributed by atoms with Crippen molar-refractivity contribution in [2.24, 2.45) is 0 Å². The Morgan fingerprint density at radius 2 is 1.76 bits per heavy atom. The molecule has 0 radical (unpaired) electrons. The number of ether oxygens (including phenoxy) is 1. The molecular weight excluding hydrogens is 264 g/mol. The third-order valence-corrected chi connectivity index (χ3v) is 3.89. The molecule has 1 saturated heterocycles. The highest BCUT2D eigenvalue weighted by Crippen LogP contribution is 2.24. The molecular formula is C17H22N2O2. The molecule has 21 heavy (non-hydrogen) atoms. The van der Waals surface area contributed by atoms with Gasteiger partial charge in [0.2, 0.25) is 0 Å². The van der Waals surface area contributed by atoms with Crippen molar-refractivity contribution in [1.29, 1.82) is 5.26 Å². The monoisotopic (exact) mass is 286 g/mol. The highest BCUT2D eigenvalue weighted by Gasteiger charge is 2.17. The lowest BCUT2D eigenvalue weighted by atomic mass is 10.1. The van der Waals surface area contributed by atoms with E-state index in [1.165, 1.54) is 12.8 Å². The van der Waals surface area contributed by atoms with E-state index < -0.39 is 0 Å². The molecule has 4 heteroatoms. The Hall–Kier alpha value is -2.02. The first-order valence-electron chi connectivity index (χ1n) is 7.53. The van der Waals surface area contributed by atoms with Gasteiger partial charge in [-0.05, 0) is 49.9 Å². The molecule has 0 saturated carbocycles. The van der Waals surface area contributed by atoms with Gasteiger partial charge in [-0.15, -0.1) is 0 Å². The molecule has 112 valence electrons. The molecule has 2 rings (SSSR count). The van der Waals surface area contributed by atoms with E-state index >= 15 is 0 Å². The van der Waals surface area contributed by atoms with Crippen molar-refractivity contribution < 1.29 is 9.53 Å². The summed E-state index contributed by atoms with van der Waals surface area (Å²) in [5.41, 5.74) is 2.42. The van der Waals surface area contributed by atoms with Gasteiger partial charge in [0.25, 0.3) is 5.91 Å². The van der Waals surface area contributed by atoms with Crippen molar-refractivity contribution in [2.45, 2.75) is 39.5 Å². The lowest BCUT2D eigenvalue weighted by molar-refractivity contribution is -0.133. The molecule has 0 bridgehead atoms. The number of hydrogen-bond donors (Lipinski definition) is 0. The molecule has 0 N–H and O–H groups in total. The Morgan fingerprint density at radius 3 is 2.29 bits per heavy atom. The predicted molar refractivity (Wildman–Crippen MR) is 81.2 cm³/mol. The average molecular weight is 286 g/mol. The summed E-state index contributed by atoms with van der Waals surface area (Å²) in [6, 6.07) is 5.71. The van der Waals surface area contributed by atoms with Gasteiger partial charge in [-0.2, -0.15) is 5.26 Å². The largest absolute Gasteiger partial charge is 0.483 e. The minimum atomic E-state index is 0.0556. The van der Waals surface area contributed by atoms with Crippen LogP contribution in [0.2, 0.25) is 0 Å². The minimum Gasteiger partial charge on any atom is -0.483 e. The van der Waals surface area contributed by atoms with Gasteiger partial charge in [-0.25, -0.2) is 0 Å². The highest BCUT2D eigenvalue weighted by atomic mass is 16.5. The van der Waals surface area contributed by atoms with E-state index in [1.54, 1.807) is 12.1 Å². The van der Waals surface area contributed by atoms with Gasteiger partial charge in [-0.1, -0.05) is 12.8 Å². The molecule has 0 aliphatic carbocycles. The van der Waals surface area contributed by atoms with E-state index in [9.17, 15) is 4.79 Å². The number of hydrogen-bond acceptors (Lipinski definition) is 3. The first-order valence-corrected chi connectivity index (χ1v) is 7.53. The van der Waals surface area contributed by atoms with Crippen molar-refractivity contribution in [1.82, 2.24) is 4.90 Å². The van der Waals surface area contributed by atoms with E-state index in [2.05, 4.69) is 6.07 Å². The summed E-state index contributed by atoms with van der Waals surface area (Å²) in [6.07, 6.45) is 4.58. The summed E-state index contributed by atoms with van der Waals surface area (Å²) in [7, 11) is 0. The van der Waals surface area contributed by atoms with E-state index in [1.807, 2.05) is 18.7 Å².